The normalized spacial score (nSPS) is 19.3. The van der Waals surface area contributed by atoms with Crippen LogP contribution in [0.4, 0.5) is 5.69 Å². The highest BCUT2D eigenvalue weighted by molar-refractivity contribution is 7.92. The van der Waals surface area contributed by atoms with Gasteiger partial charge in [-0.1, -0.05) is 36.4 Å². The van der Waals surface area contributed by atoms with E-state index >= 15 is 0 Å². The summed E-state index contributed by atoms with van der Waals surface area (Å²) >= 11 is 0. The van der Waals surface area contributed by atoms with Crippen molar-refractivity contribution in [3.8, 4) is 5.75 Å². The molecule has 2 aromatic carbocycles. The van der Waals surface area contributed by atoms with Gasteiger partial charge in [0.25, 0.3) is 5.91 Å². The monoisotopic (exact) mass is 372 g/mol. The third-order valence-electron chi connectivity index (χ3n) is 4.85. The van der Waals surface area contributed by atoms with E-state index in [1.807, 2.05) is 18.2 Å². The number of sulfonamides is 1. The number of carbonyl (C=O) groups is 1. The smallest absolute Gasteiger partial charge is 0.265 e. The predicted octanol–water partition coefficient (Wildman–Crippen LogP) is 1.80. The molecule has 7 heteroatoms. The van der Waals surface area contributed by atoms with Gasteiger partial charge in [-0.2, -0.15) is 0 Å². The van der Waals surface area contributed by atoms with Gasteiger partial charge in [-0.15, -0.1) is 0 Å². The first kappa shape index (κ1) is 16.9. The van der Waals surface area contributed by atoms with Crippen molar-refractivity contribution in [3.63, 3.8) is 0 Å². The molecule has 1 amide bonds. The average molecular weight is 372 g/mol. The van der Waals surface area contributed by atoms with Gasteiger partial charge < -0.3 is 9.64 Å². The molecule has 0 unspecified atom stereocenters. The molecule has 2 aromatic rings. The van der Waals surface area contributed by atoms with Gasteiger partial charge in [0.2, 0.25) is 10.0 Å². The number of rotatable bonds is 2. The van der Waals surface area contributed by atoms with Gasteiger partial charge in [0.05, 0.1) is 18.5 Å². The Hall–Kier alpha value is -2.54. The lowest BCUT2D eigenvalue weighted by Gasteiger charge is -2.37. The second-order valence-electron chi connectivity index (χ2n) is 6.65. The van der Waals surface area contributed by atoms with Gasteiger partial charge >= 0.3 is 0 Å². The Balaban J connectivity index is 1.60. The minimum atomic E-state index is -3.50. The van der Waals surface area contributed by atoms with Crippen LogP contribution in [0.2, 0.25) is 0 Å². The molecule has 4 rings (SSSR count). The number of anilines is 1. The van der Waals surface area contributed by atoms with Crippen LogP contribution in [-0.4, -0.2) is 44.7 Å². The van der Waals surface area contributed by atoms with E-state index in [0.717, 1.165) is 18.2 Å². The summed E-state index contributed by atoms with van der Waals surface area (Å²) < 4.78 is 31.5. The quantitative estimate of drug-likeness (QED) is 0.806. The summed E-state index contributed by atoms with van der Waals surface area (Å²) in [5.74, 6) is 0.239. The molecule has 26 heavy (non-hydrogen) atoms. The summed E-state index contributed by atoms with van der Waals surface area (Å²) in [7, 11) is -3.50. The molecule has 0 aliphatic carbocycles. The zero-order valence-corrected chi connectivity index (χ0v) is 15.3. The second kappa shape index (κ2) is 6.32. The number of carbonyl (C=O) groups excluding carboxylic acids is 1. The van der Waals surface area contributed by atoms with Gasteiger partial charge in [0.1, 0.15) is 5.75 Å². The minimum absolute atomic E-state index is 0.00712. The third kappa shape index (κ3) is 3.03. The van der Waals surface area contributed by atoms with Crippen molar-refractivity contribution >= 4 is 21.6 Å². The van der Waals surface area contributed by atoms with Crippen LogP contribution in [0.1, 0.15) is 11.1 Å². The molecule has 6 nitrogen and oxygen atoms in total. The summed E-state index contributed by atoms with van der Waals surface area (Å²) in [6.07, 6.45) is 1.10. The van der Waals surface area contributed by atoms with E-state index in [9.17, 15) is 13.2 Å². The van der Waals surface area contributed by atoms with Crippen LogP contribution in [-0.2, 0) is 27.8 Å². The van der Waals surface area contributed by atoms with Crippen molar-refractivity contribution in [2.45, 2.75) is 19.1 Å². The molecule has 1 atom stereocenters. The molecule has 2 aliphatic heterocycles. The maximum Gasteiger partial charge on any atom is 0.265 e. The van der Waals surface area contributed by atoms with Gasteiger partial charge in [-0.25, -0.2) is 8.42 Å². The van der Waals surface area contributed by atoms with E-state index in [0.29, 0.717) is 24.5 Å². The highest BCUT2D eigenvalue weighted by Crippen LogP contribution is 2.35. The topological polar surface area (TPSA) is 66.9 Å². The fourth-order valence-electron chi connectivity index (χ4n) is 3.53. The standard InChI is InChI=1S/C19H20N2O4S/c1-26(23,24)21-13-18(25-17-9-5-4-8-16(17)21)19(22)20-11-10-14-6-2-3-7-15(14)12-20/h2-9,18H,10-13H2,1H3/t18-/m0/s1. The first-order valence-electron chi connectivity index (χ1n) is 8.52. The van der Waals surface area contributed by atoms with Gasteiger partial charge in [0, 0.05) is 13.1 Å². The van der Waals surface area contributed by atoms with Crippen molar-refractivity contribution in [2.24, 2.45) is 0 Å². The minimum Gasteiger partial charge on any atom is -0.476 e. The largest absolute Gasteiger partial charge is 0.476 e. The van der Waals surface area contributed by atoms with Crippen molar-refractivity contribution in [1.29, 1.82) is 0 Å². The van der Waals surface area contributed by atoms with Crippen LogP contribution < -0.4 is 9.04 Å². The van der Waals surface area contributed by atoms with Crippen LogP contribution in [0.25, 0.3) is 0 Å². The Kier molecular flexibility index (Phi) is 4.11. The van der Waals surface area contributed by atoms with Crippen molar-refractivity contribution < 1.29 is 17.9 Å². The molecule has 0 saturated carbocycles. The van der Waals surface area contributed by atoms with Crippen LogP contribution in [0.3, 0.4) is 0 Å². The van der Waals surface area contributed by atoms with Crippen molar-refractivity contribution in [1.82, 2.24) is 4.90 Å². The Morgan fingerprint density at radius 3 is 2.54 bits per heavy atom. The van der Waals surface area contributed by atoms with Crippen LogP contribution in [0.5, 0.6) is 5.75 Å². The lowest BCUT2D eigenvalue weighted by atomic mass is 9.99. The molecule has 2 heterocycles. The number of hydrogen-bond acceptors (Lipinski definition) is 4. The molecule has 0 aromatic heterocycles. The Morgan fingerprint density at radius 2 is 1.77 bits per heavy atom. The van der Waals surface area contributed by atoms with E-state index in [-0.39, 0.29) is 12.5 Å². The molecule has 0 bridgehead atoms. The maximum absolute atomic E-state index is 13.0. The van der Waals surface area contributed by atoms with Crippen molar-refractivity contribution in [2.75, 3.05) is 23.7 Å². The van der Waals surface area contributed by atoms with E-state index in [2.05, 4.69) is 6.07 Å². The number of ether oxygens (including phenoxy) is 1. The fourth-order valence-corrected chi connectivity index (χ4v) is 4.45. The molecule has 0 N–H and O–H groups in total. The maximum atomic E-state index is 13.0. The number of nitrogens with zero attached hydrogens (tertiary/aromatic N) is 2. The van der Waals surface area contributed by atoms with E-state index in [1.54, 1.807) is 29.2 Å². The molecule has 2 aliphatic rings. The summed E-state index contributed by atoms with van der Waals surface area (Å²) in [5, 5.41) is 0. The zero-order valence-electron chi connectivity index (χ0n) is 14.5. The van der Waals surface area contributed by atoms with Crippen LogP contribution >= 0.6 is 0 Å². The van der Waals surface area contributed by atoms with E-state index in [1.165, 1.54) is 9.87 Å². The van der Waals surface area contributed by atoms with Crippen LogP contribution in [0, 0.1) is 0 Å². The van der Waals surface area contributed by atoms with Crippen molar-refractivity contribution in [3.05, 3.63) is 59.7 Å². The SMILES string of the molecule is CS(=O)(=O)N1C[C@@H](C(=O)N2CCc3ccccc3C2)Oc2ccccc21. The average Bonchev–Trinajstić information content (AvgIpc) is 2.65. The molecule has 136 valence electrons. The molecule has 0 saturated heterocycles. The first-order valence-corrected chi connectivity index (χ1v) is 10.4. The number of benzene rings is 2. The predicted molar refractivity (Wildman–Crippen MR) is 98.6 cm³/mol. The highest BCUT2D eigenvalue weighted by atomic mass is 32.2. The summed E-state index contributed by atoms with van der Waals surface area (Å²) in [4.78, 5) is 14.8. The molecule has 0 fully saturated rings. The first-order chi connectivity index (χ1) is 12.4. The highest BCUT2D eigenvalue weighted by Gasteiger charge is 2.37. The zero-order chi connectivity index (χ0) is 18.3. The summed E-state index contributed by atoms with van der Waals surface area (Å²) in [6, 6.07) is 15.0. The van der Waals surface area contributed by atoms with Crippen LogP contribution in [0.15, 0.2) is 48.5 Å². The van der Waals surface area contributed by atoms with E-state index < -0.39 is 16.1 Å². The third-order valence-corrected chi connectivity index (χ3v) is 6.00. The Bertz CT molecular complexity index is 958. The summed E-state index contributed by atoms with van der Waals surface area (Å²) in [6.45, 7) is 1.12. The molecular weight excluding hydrogens is 352 g/mol. The fraction of sp³-hybridized carbons (Fsp3) is 0.316. The number of fused-ring (bicyclic) bond motifs is 2. The second-order valence-corrected chi connectivity index (χ2v) is 8.55. The lowest BCUT2D eigenvalue weighted by Crippen LogP contribution is -2.52. The Morgan fingerprint density at radius 1 is 1.08 bits per heavy atom. The molecular formula is C19H20N2O4S. The van der Waals surface area contributed by atoms with Gasteiger partial charge in [0.15, 0.2) is 6.10 Å². The summed E-state index contributed by atoms with van der Waals surface area (Å²) in [5.41, 5.74) is 2.86. The van der Waals surface area contributed by atoms with E-state index in [4.69, 9.17) is 4.74 Å². The lowest BCUT2D eigenvalue weighted by molar-refractivity contribution is -0.139. The number of amides is 1. The van der Waals surface area contributed by atoms with Gasteiger partial charge in [-0.3, -0.25) is 9.10 Å². The molecule has 0 spiro atoms. The number of hydrogen-bond donors (Lipinski definition) is 0. The van der Waals surface area contributed by atoms with Gasteiger partial charge in [-0.05, 0) is 29.7 Å². The Labute approximate surface area is 153 Å². The number of para-hydroxylation sites is 2. The molecule has 0 radical (unpaired) electrons.